The van der Waals surface area contributed by atoms with Gasteiger partial charge in [-0.3, -0.25) is 19.8 Å². The van der Waals surface area contributed by atoms with Crippen molar-refractivity contribution in [2.24, 2.45) is 0 Å². The fourth-order valence-electron chi connectivity index (χ4n) is 1.58. The minimum atomic E-state index is -0.329. The molecule has 0 aliphatic rings. The standard InChI is InChI=1S/C9H8N6O2S2/c1-3-8(17)15-9(13-10-3)19-7(14-15)4-5(16)11-12-6(4)18-2/h1-2H3,(H2,11,12,16). The summed E-state index contributed by atoms with van der Waals surface area (Å²) >= 11 is 2.53. The monoisotopic (exact) mass is 296 g/mol. The molecular weight excluding hydrogens is 288 g/mol. The molecule has 0 spiro atoms. The summed E-state index contributed by atoms with van der Waals surface area (Å²) in [7, 11) is 0. The van der Waals surface area contributed by atoms with E-state index >= 15 is 0 Å². The molecule has 19 heavy (non-hydrogen) atoms. The fourth-order valence-corrected chi connectivity index (χ4v) is 3.08. The highest BCUT2D eigenvalue weighted by Crippen LogP contribution is 2.27. The summed E-state index contributed by atoms with van der Waals surface area (Å²) < 4.78 is 1.17. The highest BCUT2D eigenvalue weighted by Gasteiger charge is 2.18. The Morgan fingerprint density at radius 1 is 1.26 bits per heavy atom. The Hall–Kier alpha value is -1.94. The van der Waals surface area contributed by atoms with Crippen molar-refractivity contribution in [1.29, 1.82) is 0 Å². The predicted octanol–water partition coefficient (Wildman–Crippen LogP) is 0.260. The third kappa shape index (κ3) is 1.79. The normalized spacial score (nSPS) is 11.3. The van der Waals surface area contributed by atoms with Gasteiger partial charge in [0.2, 0.25) is 4.96 Å². The molecule has 0 aliphatic heterocycles. The van der Waals surface area contributed by atoms with E-state index in [-0.39, 0.29) is 16.8 Å². The first kappa shape index (κ1) is 12.1. The lowest BCUT2D eigenvalue weighted by Gasteiger charge is -1.92. The van der Waals surface area contributed by atoms with Crippen LogP contribution < -0.4 is 11.1 Å². The molecule has 3 rings (SSSR count). The molecular formula is C9H8N6O2S2. The second-order valence-corrected chi connectivity index (χ2v) is 5.45. The van der Waals surface area contributed by atoms with E-state index in [1.54, 1.807) is 6.92 Å². The summed E-state index contributed by atoms with van der Waals surface area (Å²) in [4.78, 5) is 24.0. The van der Waals surface area contributed by atoms with Gasteiger partial charge in [0.15, 0.2) is 5.01 Å². The van der Waals surface area contributed by atoms with Crippen molar-refractivity contribution in [3.63, 3.8) is 0 Å². The summed E-state index contributed by atoms with van der Waals surface area (Å²) in [6.07, 6.45) is 1.84. The van der Waals surface area contributed by atoms with Crippen LogP contribution >= 0.6 is 23.1 Å². The molecule has 0 saturated carbocycles. The van der Waals surface area contributed by atoms with Crippen LogP contribution in [0.5, 0.6) is 0 Å². The van der Waals surface area contributed by atoms with Crippen molar-refractivity contribution in [2.75, 3.05) is 6.26 Å². The first-order valence-corrected chi connectivity index (χ1v) is 7.24. The maximum Gasteiger partial charge on any atom is 0.296 e. The van der Waals surface area contributed by atoms with Crippen molar-refractivity contribution < 1.29 is 0 Å². The molecule has 0 aliphatic carbocycles. The molecule has 0 fully saturated rings. The van der Waals surface area contributed by atoms with Gasteiger partial charge in [-0.15, -0.1) is 22.0 Å². The van der Waals surface area contributed by atoms with Crippen molar-refractivity contribution in [2.45, 2.75) is 11.9 Å². The Balaban J connectivity index is 2.33. The van der Waals surface area contributed by atoms with E-state index in [1.165, 1.54) is 16.3 Å². The van der Waals surface area contributed by atoms with Crippen molar-refractivity contribution >= 4 is 28.1 Å². The van der Waals surface area contributed by atoms with Gasteiger partial charge in [0, 0.05) is 0 Å². The number of nitrogens with zero attached hydrogens (tertiary/aromatic N) is 4. The lowest BCUT2D eigenvalue weighted by Crippen LogP contribution is -2.19. The number of rotatable bonds is 2. The van der Waals surface area contributed by atoms with E-state index in [0.717, 1.165) is 11.3 Å². The molecule has 3 heterocycles. The molecule has 3 aromatic heterocycles. The van der Waals surface area contributed by atoms with Gasteiger partial charge in [-0.25, -0.2) is 0 Å². The second-order valence-electron chi connectivity index (χ2n) is 3.68. The molecule has 0 bridgehead atoms. The van der Waals surface area contributed by atoms with Crippen LogP contribution in [0.1, 0.15) is 5.69 Å². The van der Waals surface area contributed by atoms with E-state index < -0.39 is 0 Å². The molecule has 2 N–H and O–H groups in total. The lowest BCUT2D eigenvalue weighted by molar-refractivity contribution is 0.828. The molecule has 0 saturated heterocycles. The van der Waals surface area contributed by atoms with E-state index in [2.05, 4.69) is 25.5 Å². The van der Waals surface area contributed by atoms with Crippen LogP contribution in [0, 0.1) is 6.92 Å². The molecule has 0 unspecified atom stereocenters. The molecule has 0 atom stereocenters. The topological polar surface area (TPSA) is 109 Å². The van der Waals surface area contributed by atoms with Crippen LogP contribution in [0.15, 0.2) is 14.6 Å². The van der Waals surface area contributed by atoms with E-state index in [4.69, 9.17) is 0 Å². The van der Waals surface area contributed by atoms with Gasteiger partial charge in [-0.1, -0.05) is 11.3 Å². The zero-order valence-electron chi connectivity index (χ0n) is 9.92. The van der Waals surface area contributed by atoms with Crippen LogP contribution in [0.25, 0.3) is 15.5 Å². The second kappa shape index (κ2) is 4.31. The summed E-state index contributed by atoms with van der Waals surface area (Å²) in [5, 5.41) is 18.2. The summed E-state index contributed by atoms with van der Waals surface area (Å²) in [5.74, 6) is 0. The molecule has 3 aromatic rings. The average Bonchev–Trinajstić information content (AvgIpc) is 2.97. The van der Waals surface area contributed by atoms with Gasteiger partial charge in [-0.05, 0) is 13.2 Å². The van der Waals surface area contributed by atoms with Gasteiger partial charge in [0.05, 0.1) is 0 Å². The van der Waals surface area contributed by atoms with E-state index in [0.29, 0.717) is 20.6 Å². The summed E-state index contributed by atoms with van der Waals surface area (Å²) in [6, 6.07) is 0. The number of nitrogens with one attached hydrogen (secondary N) is 2. The minimum absolute atomic E-state index is 0.266. The Morgan fingerprint density at radius 3 is 2.79 bits per heavy atom. The number of aryl methyl sites for hydroxylation is 1. The third-order valence-corrected chi connectivity index (χ3v) is 4.14. The predicted molar refractivity (Wildman–Crippen MR) is 71.9 cm³/mol. The van der Waals surface area contributed by atoms with Gasteiger partial charge in [0.1, 0.15) is 16.3 Å². The number of H-pyrrole nitrogens is 2. The number of hydrogen-bond acceptors (Lipinski definition) is 7. The minimum Gasteiger partial charge on any atom is -0.291 e. The Labute approximate surface area is 113 Å². The maximum atomic E-state index is 11.9. The number of thioether (sulfide) groups is 1. The number of aromatic amines is 2. The Kier molecular flexibility index (Phi) is 2.75. The largest absolute Gasteiger partial charge is 0.296 e. The van der Waals surface area contributed by atoms with Gasteiger partial charge in [-0.2, -0.15) is 9.61 Å². The van der Waals surface area contributed by atoms with Crippen molar-refractivity contribution in [3.05, 3.63) is 26.4 Å². The van der Waals surface area contributed by atoms with Crippen molar-refractivity contribution in [3.8, 4) is 10.6 Å². The summed E-state index contributed by atoms with van der Waals surface area (Å²) in [6.45, 7) is 1.57. The molecule has 10 heteroatoms. The highest BCUT2D eigenvalue weighted by atomic mass is 32.2. The van der Waals surface area contributed by atoms with Gasteiger partial charge < -0.3 is 0 Å². The molecule has 98 valence electrons. The average molecular weight is 296 g/mol. The molecule has 0 amide bonds. The third-order valence-electron chi connectivity index (χ3n) is 2.51. The van der Waals surface area contributed by atoms with E-state index in [1.807, 2.05) is 6.26 Å². The molecule has 0 aromatic carbocycles. The number of fused-ring (bicyclic) bond motifs is 1. The zero-order valence-corrected chi connectivity index (χ0v) is 11.6. The van der Waals surface area contributed by atoms with E-state index in [9.17, 15) is 9.59 Å². The SMILES string of the molecule is CSc1[nH][nH]c(=O)c1-c1nn2c(=O)c(C)nnc2s1. The van der Waals surface area contributed by atoms with Crippen LogP contribution in [-0.4, -0.2) is 36.3 Å². The van der Waals surface area contributed by atoms with Gasteiger partial charge in [0.25, 0.3) is 11.1 Å². The zero-order chi connectivity index (χ0) is 13.6. The van der Waals surface area contributed by atoms with Crippen molar-refractivity contribution in [1.82, 2.24) is 30.0 Å². The number of aromatic nitrogens is 6. The smallest absolute Gasteiger partial charge is 0.291 e. The quantitative estimate of drug-likeness (QED) is 0.657. The summed E-state index contributed by atoms with van der Waals surface area (Å²) in [5.41, 5.74) is 0.0776. The van der Waals surface area contributed by atoms with Crippen LogP contribution in [0.2, 0.25) is 0 Å². The highest BCUT2D eigenvalue weighted by molar-refractivity contribution is 7.98. The van der Waals surface area contributed by atoms with Crippen LogP contribution in [-0.2, 0) is 0 Å². The van der Waals surface area contributed by atoms with Crippen LogP contribution in [0.3, 0.4) is 0 Å². The maximum absolute atomic E-state index is 11.9. The fraction of sp³-hybridized carbons (Fsp3) is 0.222. The lowest BCUT2D eigenvalue weighted by atomic mass is 10.4. The Bertz CT molecular complexity index is 873. The molecule has 8 nitrogen and oxygen atoms in total. The first-order valence-electron chi connectivity index (χ1n) is 5.20. The molecule has 0 radical (unpaired) electrons. The number of hydrogen-bond donors (Lipinski definition) is 2. The Morgan fingerprint density at radius 2 is 2.05 bits per heavy atom. The first-order chi connectivity index (χ1) is 9.11. The van der Waals surface area contributed by atoms with Crippen LogP contribution in [0.4, 0.5) is 0 Å². The van der Waals surface area contributed by atoms with Gasteiger partial charge >= 0.3 is 0 Å².